The zero-order chi connectivity index (χ0) is 27.0. The molecular formula is C29H29ClFN5O2. The molecule has 1 atom stereocenters. The van der Waals surface area contributed by atoms with E-state index in [1.165, 1.54) is 12.1 Å². The number of aromatic nitrogens is 2. The molecule has 0 aliphatic carbocycles. The van der Waals surface area contributed by atoms with Crippen LogP contribution in [0, 0.1) is 5.82 Å². The van der Waals surface area contributed by atoms with Gasteiger partial charge in [0.1, 0.15) is 5.82 Å². The van der Waals surface area contributed by atoms with Crippen molar-refractivity contribution in [2.24, 2.45) is 0 Å². The Morgan fingerprint density at radius 2 is 1.97 bits per heavy atom. The smallest absolute Gasteiger partial charge is 0.170 e. The van der Waals surface area contributed by atoms with Gasteiger partial charge >= 0.3 is 0 Å². The van der Waals surface area contributed by atoms with Crippen LogP contribution in [0.25, 0.3) is 22.0 Å². The van der Waals surface area contributed by atoms with E-state index in [2.05, 4.69) is 39.2 Å². The van der Waals surface area contributed by atoms with Crippen molar-refractivity contribution in [1.29, 1.82) is 0 Å². The SMILES string of the molecule is CCC(=O)c1cnc2ccc(-c3cc(F)c(O)c(Cl)c3)cc2c1Nc1ccc(N2CCC(N(C)C)C2)nc1. The van der Waals surface area contributed by atoms with Gasteiger partial charge in [-0.25, -0.2) is 9.37 Å². The normalized spacial score (nSPS) is 15.4. The van der Waals surface area contributed by atoms with Crippen LogP contribution in [-0.2, 0) is 0 Å². The molecule has 0 bridgehead atoms. The second-order valence-electron chi connectivity index (χ2n) is 9.73. The van der Waals surface area contributed by atoms with Crippen LogP contribution in [0.3, 0.4) is 0 Å². The first-order chi connectivity index (χ1) is 18.2. The fourth-order valence-corrected chi connectivity index (χ4v) is 5.01. The Hall–Kier alpha value is -3.75. The number of likely N-dealkylation sites (N-methyl/N-ethyl adjacent to an activating group) is 1. The molecule has 9 heteroatoms. The Bertz CT molecular complexity index is 1490. The average molecular weight is 534 g/mol. The number of anilines is 3. The van der Waals surface area contributed by atoms with Crippen LogP contribution in [0.1, 0.15) is 30.1 Å². The molecule has 1 aliphatic rings. The lowest BCUT2D eigenvalue weighted by atomic mass is 9.99. The van der Waals surface area contributed by atoms with Gasteiger partial charge in [0.05, 0.1) is 33.7 Å². The minimum Gasteiger partial charge on any atom is -0.504 e. The Balaban J connectivity index is 1.53. The van der Waals surface area contributed by atoms with Gasteiger partial charge in [0.2, 0.25) is 0 Å². The molecule has 196 valence electrons. The quantitative estimate of drug-likeness (QED) is 0.271. The minimum absolute atomic E-state index is 0.0533. The van der Waals surface area contributed by atoms with Gasteiger partial charge in [-0.1, -0.05) is 24.6 Å². The van der Waals surface area contributed by atoms with Gasteiger partial charge in [-0.15, -0.1) is 0 Å². The first-order valence-electron chi connectivity index (χ1n) is 12.5. The number of Topliss-reactive ketones (excluding diaryl/α,β-unsaturated/α-hetero) is 1. The molecule has 1 fully saturated rings. The van der Waals surface area contributed by atoms with Crippen LogP contribution >= 0.6 is 11.6 Å². The Morgan fingerprint density at radius 3 is 2.63 bits per heavy atom. The molecule has 38 heavy (non-hydrogen) atoms. The summed E-state index contributed by atoms with van der Waals surface area (Å²) in [6, 6.07) is 12.6. The molecule has 0 radical (unpaired) electrons. The van der Waals surface area contributed by atoms with Gasteiger partial charge in [0.15, 0.2) is 17.3 Å². The molecule has 2 aromatic carbocycles. The lowest BCUT2D eigenvalue weighted by Crippen LogP contribution is -2.31. The summed E-state index contributed by atoms with van der Waals surface area (Å²) in [6.45, 7) is 3.69. The monoisotopic (exact) mass is 533 g/mol. The Labute approximate surface area is 225 Å². The lowest BCUT2D eigenvalue weighted by Gasteiger charge is -2.21. The van der Waals surface area contributed by atoms with E-state index in [1.807, 2.05) is 24.3 Å². The summed E-state index contributed by atoms with van der Waals surface area (Å²) < 4.78 is 14.2. The van der Waals surface area contributed by atoms with Crippen molar-refractivity contribution in [2.75, 3.05) is 37.4 Å². The number of fused-ring (bicyclic) bond motifs is 1. The predicted molar refractivity (Wildman–Crippen MR) is 150 cm³/mol. The molecule has 7 nitrogen and oxygen atoms in total. The van der Waals surface area contributed by atoms with Crippen molar-refractivity contribution in [3.05, 3.63) is 71.3 Å². The number of ketones is 1. The first kappa shape index (κ1) is 25.9. The molecular weight excluding hydrogens is 505 g/mol. The van der Waals surface area contributed by atoms with Crippen molar-refractivity contribution >= 4 is 45.5 Å². The van der Waals surface area contributed by atoms with Gasteiger partial charge < -0.3 is 20.2 Å². The highest BCUT2D eigenvalue weighted by Crippen LogP contribution is 2.36. The average Bonchev–Trinajstić information content (AvgIpc) is 3.42. The van der Waals surface area contributed by atoms with Gasteiger partial charge in [-0.3, -0.25) is 9.78 Å². The molecule has 0 spiro atoms. The number of carbonyl (C=O) groups is 1. The number of phenols is 1. The van der Waals surface area contributed by atoms with Crippen LogP contribution in [-0.4, -0.2) is 59.0 Å². The van der Waals surface area contributed by atoms with Crippen molar-refractivity contribution in [3.63, 3.8) is 0 Å². The van der Waals surface area contributed by atoms with Crippen LogP contribution < -0.4 is 10.2 Å². The number of pyridine rings is 2. The molecule has 0 amide bonds. The molecule has 1 unspecified atom stereocenters. The second kappa shape index (κ2) is 10.6. The van der Waals surface area contributed by atoms with Gasteiger partial charge in [0, 0.05) is 37.1 Å². The van der Waals surface area contributed by atoms with Crippen LogP contribution in [0.4, 0.5) is 21.6 Å². The van der Waals surface area contributed by atoms with Crippen molar-refractivity contribution < 1.29 is 14.3 Å². The molecule has 3 heterocycles. The van der Waals surface area contributed by atoms with Crippen molar-refractivity contribution in [1.82, 2.24) is 14.9 Å². The van der Waals surface area contributed by atoms with Crippen molar-refractivity contribution in [2.45, 2.75) is 25.8 Å². The zero-order valence-corrected chi connectivity index (χ0v) is 22.3. The summed E-state index contributed by atoms with van der Waals surface area (Å²) in [7, 11) is 4.20. The summed E-state index contributed by atoms with van der Waals surface area (Å²) in [4.78, 5) is 26.6. The Kier molecular flexibility index (Phi) is 7.19. The van der Waals surface area contributed by atoms with E-state index in [-0.39, 0.29) is 10.8 Å². The van der Waals surface area contributed by atoms with E-state index in [4.69, 9.17) is 11.6 Å². The molecule has 2 N–H and O–H groups in total. The maximum Gasteiger partial charge on any atom is 0.170 e. The number of aromatic hydroxyl groups is 1. The highest BCUT2D eigenvalue weighted by molar-refractivity contribution is 6.32. The number of benzene rings is 2. The van der Waals surface area contributed by atoms with Crippen molar-refractivity contribution in [3.8, 4) is 16.9 Å². The molecule has 0 saturated carbocycles. The molecule has 1 aliphatic heterocycles. The highest BCUT2D eigenvalue weighted by atomic mass is 35.5. The summed E-state index contributed by atoms with van der Waals surface area (Å²) in [5.41, 5.74) is 3.65. The van der Waals surface area contributed by atoms with Gasteiger partial charge in [-0.05, 0) is 68.0 Å². The maximum atomic E-state index is 14.2. The predicted octanol–water partition coefficient (Wildman–Crippen LogP) is 6.27. The molecule has 4 aromatic rings. The molecule has 2 aromatic heterocycles. The fraction of sp³-hybridized carbons (Fsp3) is 0.276. The minimum atomic E-state index is -0.806. The highest BCUT2D eigenvalue weighted by Gasteiger charge is 2.25. The number of nitrogens with zero attached hydrogens (tertiary/aromatic N) is 4. The van der Waals surface area contributed by atoms with Crippen LogP contribution in [0.2, 0.25) is 5.02 Å². The first-order valence-corrected chi connectivity index (χ1v) is 12.9. The Morgan fingerprint density at radius 1 is 1.16 bits per heavy atom. The summed E-state index contributed by atoms with van der Waals surface area (Å²) in [5, 5.41) is 13.8. The number of phenolic OH excluding ortho intramolecular Hbond substituents is 1. The molecule has 1 saturated heterocycles. The van der Waals surface area contributed by atoms with Gasteiger partial charge in [0.25, 0.3) is 0 Å². The fourth-order valence-electron chi connectivity index (χ4n) is 4.80. The van der Waals surface area contributed by atoms with E-state index in [1.54, 1.807) is 25.4 Å². The third kappa shape index (κ3) is 5.01. The summed E-state index contributed by atoms with van der Waals surface area (Å²) >= 11 is 6.02. The maximum absolute atomic E-state index is 14.2. The standard InChI is InChI=1S/C29H29ClFN5O2/c1-4-26(37)22-15-32-25-7-5-17(18-12-23(30)29(38)24(31)13-18)11-21(25)28(22)34-19-6-8-27(33-14-19)36-10-9-20(16-36)35(2)3/h5-8,11-15,20,38H,4,9-10,16H2,1-3H3,(H,32,34). The third-order valence-corrected chi connectivity index (χ3v) is 7.36. The topological polar surface area (TPSA) is 81.6 Å². The second-order valence-corrected chi connectivity index (χ2v) is 10.1. The summed E-state index contributed by atoms with van der Waals surface area (Å²) in [5.74, 6) is -0.529. The number of carbonyl (C=O) groups excluding carboxylic acids is 1. The number of nitrogens with one attached hydrogen (secondary N) is 1. The largest absolute Gasteiger partial charge is 0.504 e. The zero-order valence-electron chi connectivity index (χ0n) is 21.5. The van der Waals surface area contributed by atoms with E-state index >= 15 is 0 Å². The van der Waals surface area contributed by atoms with E-state index in [0.29, 0.717) is 45.7 Å². The summed E-state index contributed by atoms with van der Waals surface area (Å²) in [6.07, 6.45) is 4.77. The van der Waals surface area contributed by atoms with Gasteiger partial charge in [-0.2, -0.15) is 0 Å². The number of hydrogen-bond acceptors (Lipinski definition) is 7. The lowest BCUT2D eigenvalue weighted by molar-refractivity contribution is 0.0988. The van der Waals surface area contributed by atoms with Crippen LogP contribution in [0.5, 0.6) is 5.75 Å². The molecule has 5 rings (SSSR count). The van der Waals surface area contributed by atoms with Crippen LogP contribution in [0.15, 0.2) is 54.9 Å². The third-order valence-electron chi connectivity index (χ3n) is 7.07. The number of hydrogen-bond donors (Lipinski definition) is 2. The van der Waals surface area contributed by atoms with E-state index in [0.717, 1.165) is 31.0 Å². The number of halogens is 2. The van der Waals surface area contributed by atoms with E-state index in [9.17, 15) is 14.3 Å². The van der Waals surface area contributed by atoms with E-state index < -0.39 is 11.6 Å². The number of rotatable bonds is 7.